The van der Waals surface area contributed by atoms with Crippen LogP contribution in [0.3, 0.4) is 0 Å². The van der Waals surface area contributed by atoms with Gasteiger partial charge in [0.05, 0.1) is 4.90 Å². The summed E-state index contributed by atoms with van der Waals surface area (Å²) in [5, 5.41) is 0. The zero-order valence-corrected chi connectivity index (χ0v) is 12.6. The topological polar surface area (TPSA) is 63.4 Å². The number of nitrogens with zero attached hydrogens (tertiary/aromatic N) is 1. The van der Waals surface area contributed by atoms with Gasteiger partial charge in [0.1, 0.15) is 0 Å². The minimum Gasteiger partial charge on any atom is -0.399 e. The van der Waals surface area contributed by atoms with Crippen molar-refractivity contribution in [3.63, 3.8) is 0 Å². The molecule has 0 saturated carbocycles. The first kappa shape index (κ1) is 14.3. The maximum absolute atomic E-state index is 12.8. The number of rotatable bonds is 3. The minimum absolute atomic E-state index is 0.0758. The molecule has 2 atom stereocenters. The van der Waals surface area contributed by atoms with Gasteiger partial charge in [-0.2, -0.15) is 4.31 Å². The summed E-state index contributed by atoms with van der Waals surface area (Å²) in [6.45, 7) is 5.83. The molecule has 0 spiro atoms. The fourth-order valence-electron chi connectivity index (χ4n) is 2.94. The van der Waals surface area contributed by atoms with Gasteiger partial charge in [0.25, 0.3) is 0 Å². The lowest BCUT2D eigenvalue weighted by Crippen LogP contribution is -2.39. The summed E-state index contributed by atoms with van der Waals surface area (Å²) in [7, 11) is -3.42. The van der Waals surface area contributed by atoms with Crippen LogP contribution in [0.2, 0.25) is 0 Å². The second kappa shape index (κ2) is 5.13. The van der Waals surface area contributed by atoms with E-state index >= 15 is 0 Å². The smallest absolute Gasteiger partial charge is 0.243 e. The van der Waals surface area contributed by atoms with Gasteiger partial charge >= 0.3 is 0 Å². The molecule has 5 heteroatoms. The van der Waals surface area contributed by atoms with E-state index in [1.807, 2.05) is 13.8 Å². The van der Waals surface area contributed by atoms with Gasteiger partial charge in [0.15, 0.2) is 0 Å². The molecule has 1 saturated heterocycles. The van der Waals surface area contributed by atoms with E-state index in [2.05, 4.69) is 0 Å². The molecule has 1 aromatic rings. The van der Waals surface area contributed by atoms with Crippen LogP contribution in [0.25, 0.3) is 0 Å². The molecule has 4 nitrogen and oxygen atoms in total. The van der Waals surface area contributed by atoms with Gasteiger partial charge in [-0.1, -0.05) is 6.92 Å². The van der Waals surface area contributed by atoms with E-state index in [0.717, 1.165) is 19.3 Å². The molecule has 2 N–H and O–H groups in total. The van der Waals surface area contributed by atoms with E-state index in [0.29, 0.717) is 16.1 Å². The number of aryl methyl sites for hydroxylation is 1. The fraction of sp³-hybridized carbons (Fsp3) is 0.571. The van der Waals surface area contributed by atoms with Gasteiger partial charge in [-0.15, -0.1) is 0 Å². The average Bonchev–Trinajstić information content (AvgIpc) is 2.70. The lowest BCUT2D eigenvalue weighted by atomic mass is 10.2. The first-order chi connectivity index (χ1) is 8.87. The third-order valence-corrected chi connectivity index (χ3v) is 6.16. The molecule has 1 fully saturated rings. The lowest BCUT2D eigenvalue weighted by molar-refractivity contribution is 0.328. The van der Waals surface area contributed by atoms with Crippen LogP contribution < -0.4 is 5.73 Å². The summed E-state index contributed by atoms with van der Waals surface area (Å²) in [5.41, 5.74) is 7.01. The molecule has 1 aliphatic heterocycles. The van der Waals surface area contributed by atoms with Crippen LogP contribution >= 0.6 is 0 Å². The lowest BCUT2D eigenvalue weighted by Gasteiger charge is -2.27. The molecule has 0 radical (unpaired) electrons. The molecule has 19 heavy (non-hydrogen) atoms. The second-order valence-electron chi connectivity index (χ2n) is 5.35. The van der Waals surface area contributed by atoms with Gasteiger partial charge in [0.2, 0.25) is 10.0 Å². The Bertz CT molecular complexity index is 569. The number of benzene rings is 1. The fourth-order valence-corrected chi connectivity index (χ4v) is 5.10. The summed E-state index contributed by atoms with van der Waals surface area (Å²) in [6, 6.07) is 5.19. The van der Waals surface area contributed by atoms with Gasteiger partial charge < -0.3 is 5.73 Å². The van der Waals surface area contributed by atoms with Crippen molar-refractivity contribution in [1.82, 2.24) is 4.31 Å². The Morgan fingerprint density at radius 2 is 2.05 bits per heavy atom. The molecule has 0 aromatic heterocycles. The number of nitrogens with two attached hydrogens (primary N) is 1. The molecule has 1 aromatic carbocycles. The van der Waals surface area contributed by atoms with Crippen LogP contribution in [0.5, 0.6) is 0 Å². The Labute approximate surface area is 115 Å². The Morgan fingerprint density at radius 3 is 2.63 bits per heavy atom. The summed E-state index contributed by atoms with van der Waals surface area (Å²) in [4.78, 5) is 0.383. The highest BCUT2D eigenvalue weighted by atomic mass is 32.2. The molecule has 106 valence electrons. The van der Waals surface area contributed by atoms with Crippen molar-refractivity contribution in [2.75, 3.05) is 5.73 Å². The standard InChI is InChI=1S/C14H22N2O2S/c1-4-13-7-5-11(3)16(13)19(17,18)14-8-6-12(15)9-10(14)2/h6,8-9,11,13H,4-5,7,15H2,1-3H3. The van der Waals surface area contributed by atoms with E-state index in [4.69, 9.17) is 5.73 Å². The van der Waals surface area contributed by atoms with Crippen LogP contribution in [-0.2, 0) is 10.0 Å². The Hall–Kier alpha value is -1.07. The van der Waals surface area contributed by atoms with Crippen molar-refractivity contribution in [2.45, 2.75) is 57.0 Å². The predicted octanol–water partition coefficient (Wildman–Crippen LogP) is 2.53. The first-order valence-corrected chi connectivity index (χ1v) is 8.21. The van der Waals surface area contributed by atoms with Crippen LogP contribution in [0.1, 0.15) is 38.7 Å². The molecule has 0 amide bonds. The number of hydrogen-bond acceptors (Lipinski definition) is 3. The summed E-state index contributed by atoms with van der Waals surface area (Å²) >= 11 is 0. The van der Waals surface area contributed by atoms with Crippen molar-refractivity contribution < 1.29 is 8.42 Å². The van der Waals surface area contributed by atoms with Gasteiger partial charge in [-0.05, 0) is 56.9 Å². The highest BCUT2D eigenvalue weighted by molar-refractivity contribution is 7.89. The molecular formula is C14H22N2O2S. The van der Waals surface area contributed by atoms with Gasteiger partial charge in [-0.25, -0.2) is 8.42 Å². The van der Waals surface area contributed by atoms with E-state index < -0.39 is 10.0 Å². The third kappa shape index (κ3) is 2.49. The van der Waals surface area contributed by atoms with Crippen LogP contribution in [0, 0.1) is 6.92 Å². The monoisotopic (exact) mass is 282 g/mol. The largest absolute Gasteiger partial charge is 0.399 e. The second-order valence-corrected chi connectivity index (χ2v) is 7.16. The summed E-state index contributed by atoms with van der Waals surface area (Å²) in [5.74, 6) is 0. The maximum atomic E-state index is 12.8. The Balaban J connectivity index is 2.47. The molecular weight excluding hydrogens is 260 g/mol. The third-order valence-electron chi connectivity index (χ3n) is 3.94. The summed E-state index contributed by atoms with van der Waals surface area (Å²) in [6.07, 6.45) is 2.74. The first-order valence-electron chi connectivity index (χ1n) is 6.77. The van der Waals surface area contributed by atoms with Crippen molar-refractivity contribution >= 4 is 15.7 Å². The van der Waals surface area contributed by atoms with Crippen molar-refractivity contribution in [3.8, 4) is 0 Å². The van der Waals surface area contributed by atoms with Crippen LogP contribution in [0.4, 0.5) is 5.69 Å². The van der Waals surface area contributed by atoms with Crippen molar-refractivity contribution in [2.24, 2.45) is 0 Å². The number of sulfonamides is 1. The van der Waals surface area contributed by atoms with Gasteiger partial charge in [0, 0.05) is 17.8 Å². The van der Waals surface area contributed by atoms with E-state index in [-0.39, 0.29) is 12.1 Å². The van der Waals surface area contributed by atoms with Gasteiger partial charge in [-0.3, -0.25) is 0 Å². The molecule has 2 rings (SSSR count). The Morgan fingerprint density at radius 1 is 1.37 bits per heavy atom. The van der Waals surface area contributed by atoms with Crippen LogP contribution in [0.15, 0.2) is 23.1 Å². The molecule has 2 unspecified atom stereocenters. The molecule has 1 heterocycles. The van der Waals surface area contributed by atoms with E-state index in [1.165, 1.54) is 0 Å². The number of anilines is 1. The summed E-state index contributed by atoms with van der Waals surface area (Å²) < 4.78 is 27.3. The van der Waals surface area contributed by atoms with Crippen molar-refractivity contribution in [3.05, 3.63) is 23.8 Å². The Kier molecular flexibility index (Phi) is 3.87. The van der Waals surface area contributed by atoms with E-state index in [1.54, 1.807) is 29.4 Å². The molecule has 0 aliphatic carbocycles. The van der Waals surface area contributed by atoms with Crippen molar-refractivity contribution in [1.29, 1.82) is 0 Å². The number of nitrogen functional groups attached to an aromatic ring is 1. The quantitative estimate of drug-likeness (QED) is 0.866. The molecule has 0 bridgehead atoms. The predicted molar refractivity (Wildman–Crippen MR) is 77.4 cm³/mol. The average molecular weight is 282 g/mol. The SMILES string of the molecule is CCC1CCC(C)N1S(=O)(=O)c1ccc(N)cc1C. The van der Waals surface area contributed by atoms with E-state index in [9.17, 15) is 8.42 Å². The van der Waals surface area contributed by atoms with Crippen LogP contribution in [-0.4, -0.2) is 24.8 Å². The normalized spacial score (nSPS) is 24.8. The highest BCUT2D eigenvalue weighted by Gasteiger charge is 2.39. The minimum atomic E-state index is -3.42. The zero-order valence-electron chi connectivity index (χ0n) is 11.8. The zero-order chi connectivity index (χ0) is 14.2. The molecule has 1 aliphatic rings. The number of hydrogen-bond donors (Lipinski definition) is 1. The maximum Gasteiger partial charge on any atom is 0.243 e. The highest BCUT2D eigenvalue weighted by Crippen LogP contribution is 2.33.